The highest BCUT2D eigenvalue weighted by Gasteiger charge is 2.02. The second kappa shape index (κ2) is 27.0. The zero-order valence-corrected chi connectivity index (χ0v) is 22.0. The van der Waals surface area contributed by atoms with E-state index >= 15 is 0 Å². The van der Waals surface area contributed by atoms with E-state index in [9.17, 15) is 0 Å². The van der Waals surface area contributed by atoms with Crippen molar-refractivity contribution in [2.24, 2.45) is 5.92 Å². The fourth-order valence-corrected chi connectivity index (χ4v) is 4.81. The predicted octanol–water partition coefficient (Wildman–Crippen LogP) is 11.8. The molecule has 0 N–H and O–H groups in total. The van der Waals surface area contributed by atoms with Crippen LogP contribution in [-0.2, 0) is 0 Å². The first kappa shape index (κ1) is 30.0. The maximum atomic E-state index is 2.48. The van der Waals surface area contributed by atoms with Gasteiger partial charge in [0.2, 0.25) is 0 Å². The van der Waals surface area contributed by atoms with Gasteiger partial charge in [0.15, 0.2) is 0 Å². The van der Waals surface area contributed by atoms with Gasteiger partial charge in [-0.25, -0.2) is 0 Å². The van der Waals surface area contributed by atoms with Crippen LogP contribution in [0, 0.1) is 5.92 Å². The van der Waals surface area contributed by atoms with Gasteiger partial charge in [-0.15, -0.1) is 0 Å². The largest absolute Gasteiger partial charge is 0.0654 e. The lowest BCUT2D eigenvalue weighted by molar-refractivity contribution is 0.431. The Hall–Kier alpha value is 0. The third-order valence-corrected chi connectivity index (χ3v) is 7.10. The topological polar surface area (TPSA) is 0 Å². The molecule has 0 rings (SSSR count). The molecule has 0 heteroatoms. The first-order valence-electron chi connectivity index (χ1n) is 14.8. The molecule has 0 saturated heterocycles. The Morgan fingerprint density at radius 1 is 0.300 bits per heavy atom. The molecule has 0 amide bonds. The first-order chi connectivity index (χ1) is 14.8. The fourth-order valence-electron chi connectivity index (χ4n) is 4.81. The minimum atomic E-state index is 0.970. The van der Waals surface area contributed by atoms with E-state index in [4.69, 9.17) is 0 Å². The van der Waals surface area contributed by atoms with E-state index in [1.807, 2.05) is 0 Å². The molecule has 30 heavy (non-hydrogen) atoms. The molecular weight excluding hydrogens is 360 g/mol. The van der Waals surface area contributed by atoms with Gasteiger partial charge in [0.05, 0.1) is 0 Å². The van der Waals surface area contributed by atoms with Gasteiger partial charge in [-0.05, 0) is 5.92 Å². The Morgan fingerprint density at radius 2 is 0.500 bits per heavy atom. The van der Waals surface area contributed by atoms with E-state index in [1.54, 1.807) is 0 Å². The molecule has 0 nitrogen and oxygen atoms in total. The number of hydrogen-bond acceptors (Lipinski definition) is 0. The molecule has 0 radical (unpaired) electrons. The molecule has 0 aromatic rings. The molecule has 0 aliphatic rings. The van der Waals surface area contributed by atoms with Crippen LogP contribution in [-0.4, -0.2) is 0 Å². The van der Waals surface area contributed by atoms with Gasteiger partial charge in [-0.3, -0.25) is 0 Å². The molecule has 0 aromatic carbocycles. The highest BCUT2D eigenvalue weighted by atomic mass is 14.1. The molecule has 0 aliphatic carbocycles. The van der Waals surface area contributed by atoms with Gasteiger partial charge in [0.25, 0.3) is 0 Å². The van der Waals surface area contributed by atoms with Gasteiger partial charge >= 0.3 is 0 Å². The third-order valence-electron chi connectivity index (χ3n) is 7.10. The van der Waals surface area contributed by atoms with Crippen molar-refractivity contribution in [2.75, 3.05) is 0 Å². The van der Waals surface area contributed by atoms with E-state index in [-0.39, 0.29) is 0 Å². The van der Waals surface area contributed by atoms with Crippen LogP contribution >= 0.6 is 0 Å². The molecule has 0 saturated carbocycles. The summed E-state index contributed by atoms with van der Waals surface area (Å²) in [6, 6.07) is 0. The molecule has 0 bridgehead atoms. The molecule has 0 spiro atoms. The second-order valence-electron chi connectivity index (χ2n) is 10.5. The molecule has 0 aromatic heterocycles. The highest BCUT2D eigenvalue weighted by molar-refractivity contribution is 4.56. The SMILES string of the molecule is CCCCCCCCCCCCCCCCCCCCCC(C)CCCCCCC. The van der Waals surface area contributed by atoms with Crippen LogP contribution in [0.25, 0.3) is 0 Å². The highest BCUT2D eigenvalue weighted by Crippen LogP contribution is 2.19. The summed E-state index contributed by atoms with van der Waals surface area (Å²) in [5.41, 5.74) is 0. The fraction of sp³-hybridized carbons (Fsp3) is 1.00. The van der Waals surface area contributed by atoms with Crippen LogP contribution in [0.5, 0.6) is 0 Å². The van der Waals surface area contributed by atoms with Gasteiger partial charge < -0.3 is 0 Å². The second-order valence-corrected chi connectivity index (χ2v) is 10.5. The summed E-state index contributed by atoms with van der Waals surface area (Å²) in [5.74, 6) is 0.970. The van der Waals surface area contributed by atoms with Crippen LogP contribution < -0.4 is 0 Å². The van der Waals surface area contributed by atoms with Crippen molar-refractivity contribution in [3.63, 3.8) is 0 Å². The average molecular weight is 423 g/mol. The van der Waals surface area contributed by atoms with E-state index in [2.05, 4.69) is 20.8 Å². The van der Waals surface area contributed by atoms with Crippen molar-refractivity contribution in [3.8, 4) is 0 Å². The molecular formula is C30H62. The molecule has 0 fully saturated rings. The van der Waals surface area contributed by atoms with Crippen molar-refractivity contribution in [2.45, 2.75) is 188 Å². The number of hydrogen-bond donors (Lipinski definition) is 0. The molecule has 1 unspecified atom stereocenters. The predicted molar refractivity (Wildman–Crippen MR) is 141 cm³/mol. The van der Waals surface area contributed by atoms with Crippen molar-refractivity contribution in [1.29, 1.82) is 0 Å². The molecule has 0 aliphatic heterocycles. The zero-order valence-electron chi connectivity index (χ0n) is 22.0. The quantitative estimate of drug-likeness (QED) is 0.122. The summed E-state index contributed by atoms with van der Waals surface area (Å²) in [4.78, 5) is 0. The lowest BCUT2D eigenvalue weighted by atomic mass is 9.96. The van der Waals surface area contributed by atoms with Crippen LogP contribution in [0.15, 0.2) is 0 Å². The number of rotatable bonds is 26. The van der Waals surface area contributed by atoms with E-state index in [0.717, 1.165) is 5.92 Å². The van der Waals surface area contributed by atoms with Crippen LogP contribution in [0.3, 0.4) is 0 Å². The summed E-state index contributed by atoms with van der Waals surface area (Å²) in [6.07, 6.45) is 38.3. The minimum absolute atomic E-state index is 0.970. The smallest absolute Gasteiger partial charge is 0.0443 e. The van der Waals surface area contributed by atoms with Gasteiger partial charge in [0.1, 0.15) is 0 Å². The van der Waals surface area contributed by atoms with Crippen molar-refractivity contribution in [1.82, 2.24) is 0 Å². The first-order valence-corrected chi connectivity index (χ1v) is 14.8. The van der Waals surface area contributed by atoms with Gasteiger partial charge in [-0.2, -0.15) is 0 Å². The van der Waals surface area contributed by atoms with Crippen LogP contribution in [0.1, 0.15) is 188 Å². The van der Waals surface area contributed by atoms with E-state index in [1.165, 1.54) is 167 Å². The number of unbranched alkanes of at least 4 members (excludes halogenated alkanes) is 22. The average Bonchev–Trinajstić information content (AvgIpc) is 2.75. The Bertz CT molecular complexity index is 282. The summed E-state index contributed by atoms with van der Waals surface area (Å²) in [6.45, 7) is 7.09. The summed E-state index contributed by atoms with van der Waals surface area (Å²) < 4.78 is 0. The van der Waals surface area contributed by atoms with Crippen LogP contribution in [0.4, 0.5) is 0 Å². The lowest BCUT2D eigenvalue weighted by Crippen LogP contribution is -1.95. The van der Waals surface area contributed by atoms with Crippen molar-refractivity contribution >= 4 is 0 Å². The summed E-state index contributed by atoms with van der Waals surface area (Å²) in [5, 5.41) is 0. The Morgan fingerprint density at radius 3 is 0.733 bits per heavy atom. The third kappa shape index (κ3) is 26.0. The summed E-state index contributed by atoms with van der Waals surface area (Å²) in [7, 11) is 0. The maximum Gasteiger partial charge on any atom is -0.0443 e. The van der Waals surface area contributed by atoms with E-state index in [0.29, 0.717) is 0 Å². The minimum Gasteiger partial charge on any atom is -0.0654 e. The summed E-state index contributed by atoms with van der Waals surface area (Å²) >= 11 is 0. The van der Waals surface area contributed by atoms with E-state index < -0.39 is 0 Å². The lowest BCUT2D eigenvalue weighted by Gasteiger charge is -2.11. The molecule has 1 atom stereocenters. The maximum absolute atomic E-state index is 2.48. The van der Waals surface area contributed by atoms with Crippen molar-refractivity contribution < 1.29 is 0 Å². The Labute approximate surface area is 193 Å². The standard InChI is InChI=1S/C30H62/c1-4-6-8-10-11-12-13-14-15-16-17-18-19-20-21-22-23-25-27-29-30(3)28-26-24-9-7-5-2/h30H,4-29H2,1-3H3. The molecule has 0 heterocycles. The Balaban J connectivity index is 3.07. The Kier molecular flexibility index (Phi) is 27.0. The monoisotopic (exact) mass is 422 g/mol. The normalized spacial score (nSPS) is 12.5. The zero-order chi connectivity index (χ0) is 22.0. The van der Waals surface area contributed by atoms with Gasteiger partial charge in [0, 0.05) is 0 Å². The molecule has 182 valence electrons. The van der Waals surface area contributed by atoms with Crippen LogP contribution in [0.2, 0.25) is 0 Å². The van der Waals surface area contributed by atoms with Crippen molar-refractivity contribution in [3.05, 3.63) is 0 Å². The van der Waals surface area contributed by atoms with Gasteiger partial charge in [-0.1, -0.05) is 188 Å².